The summed E-state index contributed by atoms with van der Waals surface area (Å²) >= 11 is 0. The molecule has 0 radical (unpaired) electrons. The highest BCUT2D eigenvalue weighted by molar-refractivity contribution is 5.93. The monoisotopic (exact) mass is 659 g/mol. The first-order valence-electron chi connectivity index (χ1n) is 17.9. The number of hydrogen-bond donors (Lipinski definition) is 0. The summed E-state index contributed by atoms with van der Waals surface area (Å²) < 4.78 is 0. The van der Waals surface area contributed by atoms with Gasteiger partial charge in [0.25, 0.3) is 0 Å². The minimum Gasteiger partial charge on any atom is -0.310 e. The summed E-state index contributed by atoms with van der Waals surface area (Å²) in [6, 6.07) is 54.5. The summed E-state index contributed by atoms with van der Waals surface area (Å²) in [4.78, 5) is 10.1. The smallest absolute Gasteiger partial charge is 0.0752 e. The first kappa shape index (κ1) is 31.1. The van der Waals surface area contributed by atoms with Gasteiger partial charge in [-0.05, 0) is 113 Å². The highest BCUT2D eigenvalue weighted by Gasteiger charge is 2.47. The molecule has 1 aromatic heterocycles. The third-order valence-electron chi connectivity index (χ3n) is 11.1. The first-order chi connectivity index (χ1) is 24.7. The second-order valence-corrected chi connectivity index (χ2v) is 14.9. The highest BCUT2D eigenvalue weighted by atomic mass is 15.1. The van der Waals surface area contributed by atoms with E-state index < -0.39 is 0 Å². The molecule has 1 heterocycles. The van der Waals surface area contributed by atoms with E-state index in [1.165, 1.54) is 44.5 Å². The Hall–Kier alpha value is -5.93. The van der Waals surface area contributed by atoms with E-state index in [1.54, 1.807) is 0 Å². The predicted molar refractivity (Wildman–Crippen MR) is 213 cm³/mol. The van der Waals surface area contributed by atoms with Gasteiger partial charge in [-0.25, -0.2) is 0 Å². The molecule has 2 aliphatic rings. The number of para-hydroxylation sites is 4. The maximum Gasteiger partial charge on any atom is 0.0752 e. The van der Waals surface area contributed by atoms with Crippen LogP contribution in [0.2, 0.25) is 0 Å². The second kappa shape index (κ2) is 11.6. The molecule has 0 amide bonds. The number of anilines is 6. The zero-order valence-corrected chi connectivity index (χ0v) is 29.9. The zero-order chi connectivity index (χ0) is 34.9. The SMILES string of the molecule is Cc1cc(N(c2ccccc2)c2ccccc2)cc2c1-c1ncc3c(c1C2(C)C)C(C)(C)c1ccc(N(c2ccccc2)c2ccccc2)cc1-3. The molecule has 3 heteroatoms. The molecule has 7 aromatic rings. The fourth-order valence-corrected chi connectivity index (χ4v) is 8.78. The molecule has 0 saturated carbocycles. The van der Waals surface area contributed by atoms with Gasteiger partial charge in [-0.15, -0.1) is 0 Å². The van der Waals surface area contributed by atoms with E-state index in [0.29, 0.717) is 0 Å². The van der Waals surface area contributed by atoms with Crippen molar-refractivity contribution in [2.75, 3.05) is 9.80 Å². The molecule has 0 unspecified atom stereocenters. The Morgan fingerprint density at radius 2 is 0.902 bits per heavy atom. The van der Waals surface area contributed by atoms with Gasteiger partial charge in [-0.3, -0.25) is 4.98 Å². The maximum absolute atomic E-state index is 5.35. The lowest BCUT2D eigenvalue weighted by Crippen LogP contribution is -2.24. The number of aryl methyl sites for hydroxylation is 1. The van der Waals surface area contributed by atoms with Crippen molar-refractivity contribution in [3.8, 4) is 22.4 Å². The highest BCUT2D eigenvalue weighted by Crippen LogP contribution is 2.60. The molecule has 248 valence electrons. The van der Waals surface area contributed by atoms with Crippen LogP contribution in [0.5, 0.6) is 0 Å². The van der Waals surface area contributed by atoms with Crippen LogP contribution in [0.3, 0.4) is 0 Å². The predicted octanol–water partition coefficient (Wildman–Crippen LogP) is 12.9. The van der Waals surface area contributed by atoms with Crippen LogP contribution in [0.15, 0.2) is 158 Å². The van der Waals surface area contributed by atoms with Crippen LogP contribution in [-0.2, 0) is 10.8 Å². The first-order valence-corrected chi connectivity index (χ1v) is 17.9. The molecule has 51 heavy (non-hydrogen) atoms. The number of pyridine rings is 1. The molecule has 0 fully saturated rings. The topological polar surface area (TPSA) is 19.4 Å². The Kier molecular flexibility index (Phi) is 7.05. The Labute approximate surface area is 301 Å². The van der Waals surface area contributed by atoms with Crippen molar-refractivity contribution in [2.45, 2.75) is 45.4 Å². The maximum atomic E-state index is 5.35. The number of hydrogen-bond acceptors (Lipinski definition) is 3. The number of aromatic nitrogens is 1. The van der Waals surface area contributed by atoms with Crippen LogP contribution in [0.1, 0.15) is 55.5 Å². The molecular formula is C48H41N3. The summed E-state index contributed by atoms with van der Waals surface area (Å²) in [6.07, 6.45) is 2.15. The molecule has 0 bridgehead atoms. The van der Waals surface area contributed by atoms with E-state index in [1.807, 2.05) is 0 Å². The minimum absolute atomic E-state index is 0.198. The number of nitrogens with zero attached hydrogens (tertiary/aromatic N) is 3. The van der Waals surface area contributed by atoms with E-state index in [2.05, 4.69) is 202 Å². The third-order valence-corrected chi connectivity index (χ3v) is 11.1. The molecule has 0 spiro atoms. The van der Waals surface area contributed by atoms with E-state index in [4.69, 9.17) is 4.98 Å². The van der Waals surface area contributed by atoms with Crippen LogP contribution < -0.4 is 9.80 Å². The van der Waals surface area contributed by atoms with Crippen molar-refractivity contribution in [1.29, 1.82) is 0 Å². The van der Waals surface area contributed by atoms with E-state index in [9.17, 15) is 0 Å². The Balaban J connectivity index is 1.20. The van der Waals surface area contributed by atoms with Gasteiger partial charge < -0.3 is 9.80 Å². The molecular weight excluding hydrogens is 619 g/mol. The van der Waals surface area contributed by atoms with Crippen LogP contribution in [0, 0.1) is 6.92 Å². The van der Waals surface area contributed by atoms with Crippen molar-refractivity contribution in [1.82, 2.24) is 4.98 Å². The normalized spacial score (nSPS) is 14.3. The average Bonchev–Trinajstić information content (AvgIpc) is 3.53. The second-order valence-electron chi connectivity index (χ2n) is 14.9. The van der Waals surface area contributed by atoms with E-state index in [0.717, 1.165) is 39.8 Å². The van der Waals surface area contributed by atoms with Crippen molar-refractivity contribution < 1.29 is 0 Å². The third kappa shape index (κ3) is 4.76. The molecule has 0 atom stereocenters. The van der Waals surface area contributed by atoms with E-state index >= 15 is 0 Å². The van der Waals surface area contributed by atoms with E-state index in [-0.39, 0.29) is 10.8 Å². The van der Waals surface area contributed by atoms with Gasteiger partial charge in [0.2, 0.25) is 0 Å². The van der Waals surface area contributed by atoms with Crippen LogP contribution >= 0.6 is 0 Å². The molecule has 0 saturated heterocycles. The van der Waals surface area contributed by atoms with Gasteiger partial charge in [0, 0.05) is 62.3 Å². The molecule has 0 aliphatic heterocycles. The number of benzene rings is 6. The number of fused-ring (bicyclic) bond motifs is 7. The Morgan fingerprint density at radius 1 is 0.431 bits per heavy atom. The lowest BCUT2D eigenvalue weighted by molar-refractivity contribution is 0.599. The van der Waals surface area contributed by atoms with Crippen molar-refractivity contribution in [3.63, 3.8) is 0 Å². The van der Waals surface area contributed by atoms with Gasteiger partial charge in [-0.1, -0.05) is 107 Å². The summed E-state index contributed by atoms with van der Waals surface area (Å²) in [5.41, 5.74) is 18.0. The van der Waals surface area contributed by atoms with Gasteiger partial charge >= 0.3 is 0 Å². The average molecular weight is 660 g/mol. The number of rotatable bonds is 6. The Morgan fingerprint density at radius 3 is 1.41 bits per heavy atom. The van der Waals surface area contributed by atoms with Gasteiger partial charge in [-0.2, -0.15) is 0 Å². The minimum atomic E-state index is -0.259. The fraction of sp³-hybridized carbons (Fsp3) is 0.146. The fourth-order valence-electron chi connectivity index (χ4n) is 8.78. The zero-order valence-electron chi connectivity index (χ0n) is 29.9. The quantitative estimate of drug-likeness (QED) is 0.177. The molecule has 6 aromatic carbocycles. The van der Waals surface area contributed by atoms with Gasteiger partial charge in [0.15, 0.2) is 0 Å². The van der Waals surface area contributed by atoms with Gasteiger partial charge in [0.05, 0.1) is 5.69 Å². The van der Waals surface area contributed by atoms with Crippen molar-refractivity contribution >= 4 is 34.1 Å². The lowest BCUT2D eigenvalue weighted by Gasteiger charge is -2.31. The van der Waals surface area contributed by atoms with Crippen molar-refractivity contribution in [3.05, 3.63) is 186 Å². The summed E-state index contributed by atoms with van der Waals surface area (Å²) in [6.45, 7) is 11.8. The van der Waals surface area contributed by atoms with Crippen LogP contribution in [-0.4, -0.2) is 4.98 Å². The standard InChI is InChI=1S/C48H41N3/c1-32-28-38(51(35-22-14-8-15-23-35)36-24-16-9-17-25-36)30-42-43(32)46-45(48(42,4)5)44-40(31-49-46)39-29-37(26-27-41(39)47(44,2)3)50(33-18-10-6-11-19-33)34-20-12-7-13-21-34/h6-31H,1-5H3. The lowest BCUT2D eigenvalue weighted by atomic mass is 9.73. The van der Waals surface area contributed by atoms with Crippen molar-refractivity contribution in [2.24, 2.45) is 0 Å². The molecule has 2 aliphatic carbocycles. The molecule has 0 N–H and O–H groups in total. The van der Waals surface area contributed by atoms with Crippen LogP contribution in [0.4, 0.5) is 34.1 Å². The summed E-state index contributed by atoms with van der Waals surface area (Å²) in [5, 5.41) is 0. The molecule has 3 nitrogen and oxygen atoms in total. The Bertz CT molecular complexity index is 2330. The van der Waals surface area contributed by atoms with Gasteiger partial charge in [0.1, 0.15) is 0 Å². The largest absolute Gasteiger partial charge is 0.310 e. The van der Waals surface area contributed by atoms with Crippen LogP contribution in [0.25, 0.3) is 22.4 Å². The molecule has 9 rings (SSSR count). The summed E-state index contributed by atoms with van der Waals surface area (Å²) in [5.74, 6) is 0. The summed E-state index contributed by atoms with van der Waals surface area (Å²) in [7, 11) is 0.